The summed E-state index contributed by atoms with van der Waals surface area (Å²) in [4.78, 5) is 23.2. The highest BCUT2D eigenvalue weighted by atomic mass is 79.9. The van der Waals surface area contributed by atoms with Crippen LogP contribution in [0.2, 0.25) is 0 Å². The SMILES string of the molecule is COc1ccc(CNC(=O)/C(C#N)=C/c2cc(Br)c(OCC(=O)O)c(Br)c2)c(OC)c1. The number of hydrogen-bond acceptors (Lipinski definition) is 6. The fourth-order valence-corrected chi connectivity index (χ4v) is 3.97. The third-order valence-corrected chi connectivity index (χ3v) is 5.15. The second kappa shape index (κ2) is 11.4. The Balaban J connectivity index is 2.17. The minimum Gasteiger partial charge on any atom is -0.497 e. The van der Waals surface area contributed by atoms with E-state index in [-0.39, 0.29) is 12.1 Å². The molecule has 2 aromatic rings. The van der Waals surface area contributed by atoms with Gasteiger partial charge in [0, 0.05) is 18.2 Å². The molecule has 0 aliphatic rings. The van der Waals surface area contributed by atoms with Crippen molar-refractivity contribution in [3.63, 3.8) is 0 Å². The number of benzene rings is 2. The highest BCUT2D eigenvalue weighted by molar-refractivity contribution is 9.11. The smallest absolute Gasteiger partial charge is 0.341 e. The van der Waals surface area contributed by atoms with Crippen LogP contribution in [0.1, 0.15) is 11.1 Å². The molecule has 0 atom stereocenters. The molecule has 0 unspecified atom stereocenters. The lowest BCUT2D eigenvalue weighted by molar-refractivity contribution is -0.139. The Kier molecular flexibility index (Phi) is 8.90. The van der Waals surface area contributed by atoms with E-state index in [1.807, 2.05) is 6.07 Å². The van der Waals surface area contributed by atoms with E-state index >= 15 is 0 Å². The van der Waals surface area contributed by atoms with Crippen molar-refractivity contribution in [1.82, 2.24) is 5.32 Å². The predicted molar refractivity (Wildman–Crippen MR) is 120 cm³/mol. The molecule has 2 aromatic carbocycles. The Labute approximate surface area is 195 Å². The maximum atomic E-state index is 12.5. The lowest BCUT2D eigenvalue weighted by Crippen LogP contribution is -2.24. The number of hydrogen-bond donors (Lipinski definition) is 2. The predicted octanol–water partition coefficient (Wildman–Crippen LogP) is 3.92. The van der Waals surface area contributed by atoms with Crippen molar-refractivity contribution < 1.29 is 28.9 Å². The van der Waals surface area contributed by atoms with E-state index in [1.165, 1.54) is 13.2 Å². The molecule has 0 heterocycles. The summed E-state index contributed by atoms with van der Waals surface area (Å²) in [6.45, 7) is -0.354. The molecular formula is C21H18Br2N2O6. The summed E-state index contributed by atoms with van der Waals surface area (Å²) in [5.74, 6) is -0.198. The minimum atomic E-state index is -1.11. The number of carboxylic acid groups (broad SMARTS) is 1. The maximum absolute atomic E-state index is 12.5. The van der Waals surface area contributed by atoms with Gasteiger partial charge in [-0.2, -0.15) is 5.26 Å². The van der Waals surface area contributed by atoms with Crippen molar-refractivity contribution in [3.8, 4) is 23.3 Å². The number of ether oxygens (including phenoxy) is 3. The van der Waals surface area contributed by atoms with Gasteiger partial charge in [-0.25, -0.2) is 4.79 Å². The van der Waals surface area contributed by atoms with Gasteiger partial charge >= 0.3 is 5.97 Å². The third kappa shape index (κ3) is 6.73. The number of aliphatic carboxylic acids is 1. The van der Waals surface area contributed by atoms with Crippen LogP contribution >= 0.6 is 31.9 Å². The Morgan fingerprint density at radius 2 is 1.84 bits per heavy atom. The number of halogens is 2. The third-order valence-electron chi connectivity index (χ3n) is 3.97. The van der Waals surface area contributed by atoms with E-state index in [2.05, 4.69) is 37.2 Å². The van der Waals surface area contributed by atoms with Gasteiger partial charge in [0.05, 0.1) is 23.2 Å². The second-order valence-corrected chi connectivity index (χ2v) is 7.74. The topological polar surface area (TPSA) is 118 Å². The summed E-state index contributed by atoms with van der Waals surface area (Å²) in [5, 5.41) is 20.9. The maximum Gasteiger partial charge on any atom is 0.341 e. The molecule has 162 valence electrons. The fourth-order valence-electron chi connectivity index (χ4n) is 2.52. The van der Waals surface area contributed by atoms with Crippen LogP contribution in [0.15, 0.2) is 44.9 Å². The van der Waals surface area contributed by atoms with E-state index < -0.39 is 18.5 Å². The highest BCUT2D eigenvalue weighted by Crippen LogP contribution is 2.35. The molecule has 0 spiro atoms. The Morgan fingerprint density at radius 3 is 2.39 bits per heavy atom. The fraction of sp³-hybridized carbons (Fsp3) is 0.190. The summed E-state index contributed by atoms with van der Waals surface area (Å²) in [5.41, 5.74) is 1.15. The number of nitrogens with one attached hydrogen (secondary N) is 1. The first kappa shape index (κ1) is 24.2. The number of rotatable bonds is 9. The number of carbonyl (C=O) groups is 2. The van der Waals surface area contributed by atoms with E-state index in [9.17, 15) is 14.9 Å². The van der Waals surface area contributed by atoms with Crippen molar-refractivity contribution in [3.05, 3.63) is 56.0 Å². The van der Waals surface area contributed by atoms with Crippen LogP contribution in [-0.4, -0.2) is 37.8 Å². The normalized spacial score (nSPS) is 10.7. The zero-order valence-electron chi connectivity index (χ0n) is 16.6. The molecule has 0 aromatic heterocycles. The monoisotopic (exact) mass is 552 g/mol. The summed E-state index contributed by atoms with van der Waals surface area (Å²) in [7, 11) is 3.06. The van der Waals surface area contributed by atoms with Gasteiger partial charge in [-0.1, -0.05) is 0 Å². The molecule has 8 nitrogen and oxygen atoms in total. The zero-order chi connectivity index (χ0) is 23.0. The molecule has 10 heteroatoms. The lowest BCUT2D eigenvalue weighted by atomic mass is 10.1. The summed E-state index contributed by atoms with van der Waals surface area (Å²) >= 11 is 6.60. The summed E-state index contributed by atoms with van der Waals surface area (Å²) in [6.07, 6.45) is 1.41. The molecule has 0 saturated carbocycles. The van der Waals surface area contributed by atoms with Crippen LogP contribution in [0.5, 0.6) is 17.2 Å². The van der Waals surface area contributed by atoms with Crippen LogP contribution in [0, 0.1) is 11.3 Å². The van der Waals surface area contributed by atoms with E-state index in [4.69, 9.17) is 19.3 Å². The van der Waals surface area contributed by atoms with Crippen molar-refractivity contribution >= 4 is 49.8 Å². The molecule has 31 heavy (non-hydrogen) atoms. The average molecular weight is 554 g/mol. The molecule has 0 aliphatic carbocycles. The van der Waals surface area contributed by atoms with Gasteiger partial charge < -0.3 is 24.6 Å². The second-order valence-electron chi connectivity index (χ2n) is 6.03. The van der Waals surface area contributed by atoms with Crippen LogP contribution in [-0.2, 0) is 16.1 Å². The van der Waals surface area contributed by atoms with Crippen LogP contribution in [0.25, 0.3) is 6.08 Å². The van der Waals surface area contributed by atoms with E-state index in [0.29, 0.717) is 31.8 Å². The van der Waals surface area contributed by atoms with Crippen molar-refractivity contribution in [1.29, 1.82) is 5.26 Å². The molecule has 0 saturated heterocycles. The first-order valence-electron chi connectivity index (χ1n) is 8.73. The molecule has 0 aliphatic heterocycles. The quantitative estimate of drug-likeness (QED) is 0.357. The van der Waals surface area contributed by atoms with Crippen LogP contribution < -0.4 is 19.5 Å². The van der Waals surface area contributed by atoms with Crippen LogP contribution in [0.3, 0.4) is 0 Å². The zero-order valence-corrected chi connectivity index (χ0v) is 19.7. The minimum absolute atomic E-state index is 0.106. The number of nitriles is 1. The highest BCUT2D eigenvalue weighted by Gasteiger charge is 2.14. The Bertz CT molecular complexity index is 1040. The van der Waals surface area contributed by atoms with E-state index in [0.717, 1.165) is 5.56 Å². The number of nitrogens with zero attached hydrogens (tertiary/aromatic N) is 1. The van der Waals surface area contributed by atoms with Gasteiger partial charge in [0.1, 0.15) is 28.9 Å². The van der Waals surface area contributed by atoms with Gasteiger partial charge in [0.2, 0.25) is 0 Å². The molecule has 0 radical (unpaired) electrons. The first-order valence-corrected chi connectivity index (χ1v) is 10.3. The Hall–Kier alpha value is -3.03. The number of methoxy groups -OCH3 is 2. The molecular weight excluding hydrogens is 536 g/mol. The average Bonchev–Trinajstić information content (AvgIpc) is 2.74. The van der Waals surface area contributed by atoms with Gasteiger partial charge in [0.15, 0.2) is 6.61 Å². The van der Waals surface area contributed by atoms with Crippen LogP contribution in [0.4, 0.5) is 0 Å². The molecule has 1 amide bonds. The van der Waals surface area contributed by atoms with Gasteiger partial charge in [0.25, 0.3) is 5.91 Å². The number of carboxylic acids is 1. The van der Waals surface area contributed by atoms with Gasteiger partial charge in [-0.15, -0.1) is 0 Å². The van der Waals surface area contributed by atoms with Crippen molar-refractivity contribution in [2.45, 2.75) is 6.54 Å². The largest absolute Gasteiger partial charge is 0.497 e. The summed E-state index contributed by atoms with van der Waals surface area (Å²) in [6, 6.07) is 10.3. The first-order chi connectivity index (χ1) is 14.8. The lowest BCUT2D eigenvalue weighted by Gasteiger charge is -2.11. The number of amides is 1. The standard InChI is InChI=1S/C21H18Br2N2O6/c1-29-15-4-3-13(18(8-15)30-2)10-25-21(28)14(9-24)5-12-6-16(22)20(17(23)7-12)31-11-19(26)27/h3-8H,10-11H2,1-2H3,(H,25,28)(H,26,27)/b14-5+. The van der Waals surface area contributed by atoms with Crippen molar-refractivity contribution in [2.24, 2.45) is 0 Å². The number of carbonyl (C=O) groups excluding carboxylic acids is 1. The van der Waals surface area contributed by atoms with E-state index in [1.54, 1.807) is 37.4 Å². The Morgan fingerprint density at radius 1 is 1.16 bits per heavy atom. The van der Waals surface area contributed by atoms with Gasteiger partial charge in [-0.05, 0) is 67.8 Å². The molecule has 2 rings (SSSR count). The molecule has 2 N–H and O–H groups in total. The van der Waals surface area contributed by atoms with Gasteiger partial charge in [-0.3, -0.25) is 4.79 Å². The molecule has 0 bridgehead atoms. The summed E-state index contributed by atoms with van der Waals surface area (Å²) < 4.78 is 16.6. The molecule has 0 fully saturated rings. The van der Waals surface area contributed by atoms with Crippen molar-refractivity contribution in [2.75, 3.05) is 20.8 Å².